The minimum Gasteiger partial charge on any atom is -0.457 e. The number of hydrogen-bond acceptors (Lipinski definition) is 2. The molecule has 0 heterocycles. The minimum absolute atomic E-state index is 0.0815. The Kier molecular flexibility index (Phi) is 5.68. The van der Waals surface area contributed by atoms with E-state index >= 15 is 0 Å². The second kappa shape index (κ2) is 7.30. The number of aryl methyl sites for hydroxylation is 1. The van der Waals surface area contributed by atoms with Crippen molar-refractivity contribution in [1.29, 1.82) is 0 Å². The molecule has 4 heteroatoms. The van der Waals surface area contributed by atoms with Gasteiger partial charge in [-0.3, -0.25) is 0 Å². The van der Waals surface area contributed by atoms with Gasteiger partial charge in [0.05, 0.1) is 0 Å². The van der Waals surface area contributed by atoms with Crippen LogP contribution < -0.4 is 10.5 Å². The lowest BCUT2D eigenvalue weighted by atomic mass is 10.1. The summed E-state index contributed by atoms with van der Waals surface area (Å²) < 4.78 is 7.05. The Hall–Kier alpha value is -1.03. The largest absolute Gasteiger partial charge is 0.457 e. The predicted molar refractivity (Wildman–Crippen MR) is 92.4 cm³/mol. The van der Waals surface area contributed by atoms with Gasteiger partial charge in [0.25, 0.3) is 0 Å². The van der Waals surface area contributed by atoms with Crippen molar-refractivity contribution in [3.05, 3.63) is 57.0 Å². The van der Waals surface area contributed by atoms with Crippen LogP contribution in [0.2, 0.25) is 5.02 Å². The van der Waals surface area contributed by atoms with Crippen molar-refractivity contribution < 1.29 is 4.74 Å². The summed E-state index contributed by atoms with van der Waals surface area (Å²) in [6.07, 6.45) is 1.64. The molecular weight excluding hydrogens is 350 g/mol. The average Bonchev–Trinajstić information content (AvgIpc) is 2.43. The lowest BCUT2D eigenvalue weighted by Gasteiger charge is -2.14. The molecule has 2 aromatic rings. The summed E-state index contributed by atoms with van der Waals surface area (Å²) in [6, 6.07) is 11.8. The highest BCUT2D eigenvalue weighted by Gasteiger charge is 2.09. The Bertz CT molecular complexity index is 628. The third-order valence-electron chi connectivity index (χ3n) is 3.19. The van der Waals surface area contributed by atoms with Crippen LogP contribution >= 0.6 is 27.5 Å². The van der Waals surface area contributed by atoms with Crippen LogP contribution in [0, 0.1) is 0 Å². The first-order valence-corrected chi connectivity index (χ1v) is 8.17. The zero-order valence-corrected chi connectivity index (χ0v) is 14.5. The van der Waals surface area contributed by atoms with Gasteiger partial charge in [-0.1, -0.05) is 34.5 Å². The second-order valence-corrected chi connectivity index (χ2v) is 6.47. The third kappa shape index (κ3) is 4.47. The van der Waals surface area contributed by atoms with Gasteiger partial charge >= 0.3 is 0 Å². The van der Waals surface area contributed by atoms with Gasteiger partial charge in [0.15, 0.2) is 0 Å². The van der Waals surface area contributed by atoms with Crippen LogP contribution in [0.1, 0.15) is 25.0 Å². The Labute approximate surface area is 139 Å². The van der Waals surface area contributed by atoms with Gasteiger partial charge < -0.3 is 10.5 Å². The molecule has 112 valence electrons. The number of nitrogens with two attached hydrogens (primary N) is 1. The van der Waals surface area contributed by atoms with E-state index in [4.69, 9.17) is 22.1 Å². The van der Waals surface area contributed by atoms with Gasteiger partial charge in [0, 0.05) is 15.5 Å². The smallest absolute Gasteiger partial charge is 0.130 e. The molecule has 1 unspecified atom stereocenters. The van der Waals surface area contributed by atoms with Gasteiger partial charge in [0.2, 0.25) is 0 Å². The molecule has 2 rings (SSSR count). The van der Waals surface area contributed by atoms with Crippen LogP contribution in [-0.4, -0.2) is 6.04 Å². The molecule has 0 fully saturated rings. The summed E-state index contributed by atoms with van der Waals surface area (Å²) in [5, 5.41) is 0.775. The zero-order chi connectivity index (χ0) is 15.4. The first-order chi connectivity index (χ1) is 9.99. The molecular formula is C17H19BrClNO. The molecule has 1 atom stereocenters. The number of benzene rings is 2. The first kappa shape index (κ1) is 16.3. The summed E-state index contributed by atoms with van der Waals surface area (Å²) >= 11 is 9.63. The van der Waals surface area contributed by atoms with E-state index in [0.29, 0.717) is 0 Å². The normalized spacial score (nSPS) is 12.2. The van der Waals surface area contributed by atoms with E-state index in [-0.39, 0.29) is 6.04 Å². The number of halogens is 2. The van der Waals surface area contributed by atoms with Crippen molar-refractivity contribution in [1.82, 2.24) is 0 Å². The molecule has 0 saturated carbocycles. The second-order valence-electron chi connectivity index (χ2n) is 5.14. The fraction of sp³-hybridized carbons (Fsp3) is 0.294. The highest BCUT2D eigenvalue weighted by Crippen LogP contribution is 2.31. The standard InChI is InChI=1S/C17H19BrClNO/c1-3-12-10-15(5-6-16(12)19)21-17-7-4-14(18)9-13(17)8-11(2)20/h4-7,9-11H,3,8,20H2,1-2H3. The fourth-order valence-electron chi connectivity index (χ4n) is 2.17. The number of ether oxygens (including phenoxy) is 1. The first-order valence-electron chi connectivity index (χ1n) is 7.00. The van der Waals surface area contributed by atoms with Crippen LogP contribution in [0.25, 0.3) is 0 Å². The lowest BCUT2D eigenvalue weighted by molar-refractivity contribution is 0.473. The van der Waals surface area contributed by atoms with E-state index in [0.717, 1.165) is 45.0 Å². The molecule has 0 aliphatic heterocycles. The summed E-state index contributed by atoms with van der Waals surface area (Å²) in [5.41, 5.74) is 8.09. The summed E-state index contributed by atoms with van der Waals surface area (Å²) in [5.74, 6) is 1.63. The van der Waals surface area contributed by atoms with Crippen molar-refractivity contribution in [2.24, 2.45) is 5.73 Å². The molecule has 21 heavy (non-hydrogen) atoms. The maximum atomic E-state index is 6.14. The maximum absolute atomic E-state index is 6.14. The van der Waals surface area contributed by atoms with Gasteiger partial charge in [-0.25, -0.2) is 0 Å². The van der Waals surface area contributed by atoms with Crippen molar-refractivity contribution in [2.75, 3.05) is 0 Å². The topological polar surface area (TPSA) is 35.2 Å². The minimum atomic E-state index is 0.0815. The van der Waals surface area contributed by atoms with Crippen LogP contribution in [0.5, 0.6) is 11.5 Å². The van der Waals surface area contributed by atoms with E-state index in [9.17, 15) is 0 Å². The maximum Gasteiger partial charge on any atom is 0.130 e. The van der Waals surface area contributed by atoms with Gasteiger partial charge in [0.1, 0.15) is 11.5 Å². The van der Waals surface area contributed by atoms with Gasteiger partial charge in [-0.15, -0.1) is 0 Å². The van der Waals surface area contributed by atoms with E-state index < -0.39 is 0 Å². The summed E-state index contributed by atoms with van der Waals surface area (Å²) in [6.45, 7) is 4.06. The number of rotatable bonds is 5. The van der Waals surface area contributed by atoms with E-state index in [1.54, 1.807) is 0 Å². The van der Waals surface area contributed by atoms with Crippen LogP contribution in [0.15, 0.2) is 40.9 Å². The Morgan fingerprint density at radius 2 is 1.95 bits per heavy atom. The molecule has 0 radical (unpaired) electrons. The monoisotopic (exact) mass is 367 g/mol. The Morgan fingerprint density at radius 3 is 2.62 bits per heavy atom. The van der Waals surface area contributed by atoms with E-state index in [1.807, 2.05) is 37.3 Å². The highest BCUT2D eigenvalue weighted by molar-refractivity contribution is 9.10. The molecule has 0 bridgehead atoms. The predicted octanol–water partition coefficient (Wildman–Crippen LogP) is 5.35. The summed E-state index contributed by atoms with van der Waals surface area (Å²) in [7, 11) is 0. The van der Waals surface area contributed by atoms with Crippen molar-refractivity contribution in [3.8, 4) is 11.5 Å². The van der Waals surface area contributed by atoms with Crippen molar-refractivity contribution in [3.63, 3.8) is 0 Å². The average molecular weight is 369 g/mol. The number of hydrogen-bond donors (Lipinski definition) is 1. The van der Waals surface area contributed by atoms with E-state index in [2.05, 4.69) is 28.9 Å². The van der Waals surface area contributed by atoms with Gasteiger partial charge in [-0.05, 0) is 67.3 Å². The Morgan fingerprint density at radius 1 is 1.19 bits per heavy atom. The molecule has 0 aliphatic carbocycles. The van der Waals surface area contributed by atoms with Crippen LogP contribution in [0.4, 0.5) is 0 Å². The molecule has 2 nitrogen and oxygen atoms in total. The molecule has 2 aromatic carbocycles. The van der Waals surface area contributed by atoms with E-state index in [1.165, 1.54) is 0 Å². The lowest BCUT2D eigenvalue weighted by Crippen LogP contribution is -2.18. The molecule has 0 saturated heterocycles. The highest BCUT2D eigenvalue weighted by atomic mass is 79.9. The SMILES string of the molecule is CCc1cc(Oc2ccc(Br)cc2CC(C)N)ccc1Cl. The third-order valence-corrected chi connectivity index (χ3v) is 4.05. The Balaban J connectivity index is 2.30. The quantitative estimate of drug-likeness (QED) is 0.772. The van der Waals surface area contributed by atoms with Crippen LogP contribution in [-0.2, 0) is 12.8 Å². The molecule has 0 spiro atoms. The van der Waals surface area contributed by atoms with Crippen molar-refractivity contribution >= 4 is 27.5 Å². The van der Waals surface area contributed by atoms with Gasteiger partial charge in [-0.2, -0.15) is 0 Å². The zero-order valence-electron chi connectivity index (χ0n) is 12.2. The van der Waals surface area contributed by atoms with Crippen LogP contribution in [0.3, 0.4) is 0 Å². The molecule has 2 N–H and O–H groups in total. The molecule has 0 aliphatic rings. The molecule has 0 aromatic heterocycles. The summed E-state index contributed by atoms with van der Waals surface area (Å²) in [4.78, 5) is 0. The van der Waals surface area contributed by atoms with Crippen molar-refractivity contribution in [2.45, 2.75) is 32.7 Å². The fourth-order valence-corrected chi connectivity index (χ4v) is 2.83. The molecule has 0 amide bonds.